The van der Waals surface area contributed by atoms with Crippen molar-refractivity contribution in [2.75, 3.05) is 19.7 Å². The number of ether oxygens (including phenoxy) is 1. The van der Waals surface area contributed by atoms with Gasteiger partial charge in [-0.25, -0.2) is 0 Å². The van der Waals surface area contributed by atoms with Crippen LogP contribution < -0.4 is 10.1 Å². The Bertz CT molecular complexity index is 972. The van der Waals surface area contributed by atoms with Gasteiger partial charge in [-0.15, -0.1) is 0 Å². The van der Waals surface area contributed by atoms with Gasteiger partial charge in [-0.1, -0.05) is 31.1 Å². The van der Waals surface area contributed by atoms with E-state index in [0.29, 0.717) is 37.0 Å². The fraction of sp³-hybridized carbons (Fsp3) is 0.565. The monoisotopic (exact) mass is 426 g/mol. The van der Waals surface area contributed by atoms with Crippen LogP contribution in [-0.2, 0) is 15.0 Å². The second kappa shape index (κ2) is 8.32. The standard InChI is InChI=1S/C23H30N4O4/c1-14(2)21(29)27-11-17-9-18(10-23(17,13-27)22-24-16(4)26-31-22)25-20(28)12-30-19-7-5-6-15(3)8-19/h5-8,14,17-18H,9-13H2,1-4H3,(H,25,28)/t17-,18+,23-/m0/s1. The molecule has 4 rings (SSSR count). The Kier molecular flexibility index (Phi) is 5.73. The maximum Gasteiger partial charge on any atom is 0.258 e. The quantitative estimate of drug-likeness (QED) is 0.762. The molecule has 3 atom stereocenters. The zero-order valence-corrected chi connectivity index (χ0v) is 18.6. The molecule has 2 aliphatic rings. The zero-order chi connectivity index (χ0) is 22.2. The number of nitrogens with one attached hydrogen (secondary N) is 1. The molecule has 8 heteroatoms. The smallest absolute Gasteiger partial charge is 0.258 e. The number of hydrogen-bond donors (Lipinski definition) is 1. The van der Waals surface area contributed by atoms with Crippen LogP contribution in [0.3, 0.4) is 0 Å². The van der Waals surface area contributed by atoms with Crippen LogP contribution in [0.2, 0.25) is 0 Å². The molecule has 1 aromatic heterocycles. The molecule has 1 aromatic carbocycles. The second-order valence-electron chi connectivity index (χ2n) is 9.18. The molecule has 0 unspecified atom stereocenters. The van der Waals surface area contributed by atoms with Crippen LogP contribution >= 0.6 is 0 Å². The number of nitrogens with zero attached hydrogens (tertiary/aromatic N) is 3. The van der Waals surface area contributed by atoms with Gasteiger partial charge >= 0.3 is 0 Å². The third kappa shape index (κ3) is 4.29. The molecule has 2 fully saturated rings. The minimum Gasteiger partial charge on any atom is -0.484 e. The van der Waals surface area contributed by atoms with Gasteiger partial charge in [0.25, 0.3) is 5.91 Å². The molecule has 2 aromatic rings. The third-order valence-corrected chi connectivity index (χ3v) is 6.36. The Balaban J connectivity index is 1.43. The largest absolute Gasteiger partial charge is 0.484 e. The van der Waals surface area contributed by atoms with E-state index in [1.54, 1.807) is 6.92 Å². The molecular formula is C23H30N4O4. The molecule has 0 bridgehead atoms. The Labute approximate surface area is 182 Å². The van der Waals surface area contributed by atoms with E-state index in [9.17, 15) is 9.59 Å². The number of hydrogen-bond acceptors (Lipinski definition) is 6. The first kappa shape index (κ1) is 21.3. The first-order valence-corrected chi connectivity index (χ1v) is 10.9. The SMILES string of the molecule is Cc1cccc(OCC(=O)N[C@@H]2C[C@H]3CN(C(=O)C(C)C)C[C@@]3(c3nc(C)no3)C2)c1. The topological polar surface area (TPSA) is 97.6 Å². The van der Waals surface area contributed by atoms with Gasteiger partial charge in [0, 0.05) is 25.0 Å². The summed E-state index contributed by atoms with van der Waals surface area (Å²) in [5, 5.41) is 7.08. The number of amides is 2. The zero-order valence-electron chi connectivity index (χ0n) is 18.6. The number of benzene rings is 1. The first-order valence-electron chi connectivity index (χ1n) is 10.9. The molecule has 31 heavy (non-hydrogen) atoms. The van der Waals surface area contributed by atoms with Crippen LogP contribution in [0, 0.1) is 25.7 Å². The van der Waals surface area contributed by atoms with Crippen LogP contribution in [0.5, 0.6) is 5.75 Å². The van der Waals surface area contributed by atoms with Gasteiger partial charge in [0.2, 0.25) is 11.8 Å². The van der Waals surface area contributed by atoms with E-state index in [0.717, 1.165) is 12.0 Å². The number of aryl methyl sites for hydroxylation is 2. The molecule has 1 saturated carbocycles. The highest BCUT2D eigenvalue weighted by atomic mass is 16.5. The summed E-state index contributed by atoms with van der Waals surface area (Å²) in [5.41, 5.74) is 0.667. The second-order valence-corrected chi connectivity index (χ2v) is 9.18. The molecule has 0 spiro atoms. The summed E-state index contributed by atoms with van der Waals surface area (Å²) in [6.07, 6.45) is 1.43. The Morgan fingerprint density at radius 1 is 1.35 bits per heavy atom. The van der Waals surface area contributed by atoms with Crippen molar-refractivity contribution in [1.82, 2.24) is 20.4 Å². The number of aromatic nitrogens is 2. The predicted octanol–water partition coefficient (Wildman–Crippen LogP) is 2.40. The first-order chi connectivity index (χ1) is 14.8. The summed E-state index contributed by atoms with van der Waals surface area (Å²) < 4.78 is 11.2. The Morgan fingerprint density at radius 2 is 2.16 bits per heavy atom. The van der Waals surface area contributed by atoms with Crippen molar-refractivity contribution < 1.29 is 18.8 Å². The summed E-state index contributed by atoms with van der Waals surface area (Å²) in [7, 11) is 0. The number of carbonyl (C=O) groups excluding carboxylic acids is 2. The molecule has 1 aliphatic heterocycles. The van der Waals surface area contributed by atoms with Crippen LogP contribution in [0.25, 0.3) is 0 Å². The van der Waals surface area contributed by atoms with Crippen molar-refractivity contribution in [3.05, 3.63) is 41.5 Å². The van der Waals surface area contributed by atoms with Crippen molar-refractivity contribution >= 4 is 11.8 Å². The maximum absolute atomic E-state index is 12.6. The normalized spacial score (nSPS) is 25.0. The average Bonchev–Trinajstić information content (AvgIpc) is 3.38. The molecule has 166 valence electrons. The van der Waals surface area contributed by atoms with Crippen molar-refractivity contribution in [3.63, 3.8) is 0 Å². The lowest BCUT2D eigenvalue weighted by Crippen LogP contribution is -2.41. The lowest BCUT2D eigenvalue weighted by Gasteiger charge is -2.26. The molecule has 8 nitrogen and oxygen atoms in total. The van der Waals surface area contributed by atoms with Gasteiger partial charge < -0.3 is 19.5 Å². The number of carbonyl (C=O) groups is 2. The molecular weight excluding hydrogens is 396 g/mol. The number of rotatable bonds is 6. The molecule has 1 N–H and O–H groups in total. The minimum absolute atomic E-state index is 0.0258. The van der Waals surface area contributed by atoms with Crippen molar-refractivity contribution in [2.45, 2.75) is 52.0 Å². The lowest BCUT2D eigenvalue weighted by atomic mass is 9.80. The number of likely N-dealkylation sites (tertiary alicyclic amines) is 1. The highest BCUT2D eigenvalue weighted by Gasteiger charge is 2.58. The van der Waals surface area contributed by atoms with E-state index in [1.807, 2.05) is 49.9 Å². The van der Waals surface area contributed by atoms with Gasteiger partial charge in [-0.3, -0.25) is 9.59 Å². The van der Waals surface area contributed by atoms with Gasteiger partial charge in [0.05, 0.1) is 5.41 Å². The van der Waals surface area contributed by atoms with Gasteiger partial charge in [0.15, 0.2) is 12.4 Å². The highest BCUT2D eigenvalue weighted by molar-refractivity contribution is 5.79. The van der Waals surface area contributed by atoms with Crippen molar-refractivity contribution in [3.8, 4) is 5.75 Å². The molecule has 2 heterocycles. The van der Waals surface area contributed by atoms with Gasteiger partial charge in [-0.2, -0.15) is 4.98 Å². The molecule has 1 saturated heterocycles. The van der Waals surface area contributed by atoms with Crippen LogP contribution in [-0.4, -0.2) is 52.6 Å². The molecule has 2 amide bonds. The summed E-state index contributed by atoms with van der Waals surface area (Å²) in [4.78, 5) is 31.6. The van der Waals surface area contributed by atoms with E-state index in [4.69, 9.17) is 9.26 Å². The van der Waals surface area contributed by atoms with Crippen molar-refractivity contribution in [2.24, 2.45) is 11.8 Å². The highest BCUT2D eigenvalue weighted by Crippen LogP contribution is 2.50. The van der Waals surface area contributed by atoms with Crippen molar-refractivity contribution in [1.29, 1.82) is 0 Å². The van der Waals surface area contributed by atoms with E-state index in [1.165, 1.54) is 0 Å². The summed E-state index contributed by atoms with van der Waals surface area (Å²) in [6, 6.07) is 7.60. The van der Waals surface area contributed by atoms with E-state index in [2.05, 4.69) is 15.5 Å². The molecule has 1 aliphatic carbocycles. The van der Waals surface area contributed by atoms with Gasteiger partial charge in [0.1, 0.15) is 5.75 Å². The van der Waals surface area contributed by atoms with E-state index < -0.39 is 5.41 Å². The minimum atomic E-state index is -0.416. The van der Waals surface area contributed by atoms with Crippen LogP contribution in [0.4, 0.5) is 0 Å². The van der Waals surface area contributed by atoms with Crippen LogP contribution in [0.15, 0.2) is 28.8 Å². The average molecular weight is 427 g/mol. The van der Waals surface area contributed by atoms with E-state index >= 15 is 0 Å². The van der Waals surface area contributed by atoms with Crippen LogP contribution in [0.1, 0.15) is 44.0 Å². The summed E-state index contributed by atoms with van der Waals surface area (Å²) >= 11 is 0. The fourth-order valence-electron chi connectivity index (χ4n) is 4.97. The predicted molar refractivity (Wildman–Crippen MR) is 113 cm³/mol. The molecule has 0 radical (unpaired) electrons. The summed E-state index contributed by atoms with van der Waals surface area (Å²) in [6.45, 7) is 8.76. The number of fused-ring (bicyclic) bond motifs is 1. The Hall–Kier alpha value is -2.90. The Morgan fingerprint density at radius 3 is 2.84 bits per heavy atom. The lowest BCUT2D eigenvalue weighted by molar-refractivity contribution is -0.134. The summed E-state index contributed by atoms with van der Waals surface area (Å²) in [5.74, 6) is 1.92. The van der Waals surface area contributed by atoms with E-state index in [-0.39, 0.29) is 36.3 Å². The fourth-order valence-corrected chi connectivity index (χ4v) is 4.97. The third-order valence-electron chi connectivity index (χ3n) is 6.36. The maximum atomic E-state index is 12.6. The van der Waals surface area contributed by atoms with Gasteiger partial charge in [-0.05, 0) is 50.3 Å².